The second-order valence-electron chi connectivity index (χ2n) is 6.30. The minimum atomic E-state index is -0.520. The quantitative estimate of drug-likeness (QED) is 0.386. The van der Waals surface area contributed by atoms with Crippen LogP contribution < -0.4 is 5.32 Å². The number of hydrogen-bond donors (Lipinski definition) is 1. The van der Waals surface area contributed by atoms with Gasteiger partial charge in [0.05, 0.1) is 12.2 Å². The Morgan fingerprint density at radius 3 is 2.37 bits per heavy atom. The smallest absolute Gasteiger partial charge is 0.348 e. The van der Waals surface area contributed by atoms with Crippen LogP contribution in [0.1, 0.15) is 38.5 Å². The van der Waals surface area contributed by atoms with Gasteiger partial charge in [-0.25, -0.2) is 4.79 Å². The van der Waals surface area contributed by atoms with Crippen LogP contribution in [0.5, 0.6) is 0 Å². The molecule has 0 aliphatic carbocycles. The number of ether oxygens (including phenoxy) is 1. The van der Waals surface area contributed by atoms with E-state index in [1.165, 1.54) is 11.8 Å². The molecular formula is C23H20N2O3S2. The number of benzene rings is 2. The van der Waals surface area contributed by atoms with Crippen LogP contribution in [0.2, 0.25) is 0 Å². The van der Waals surface area contributed by atoms with Crippen LogP contribution in [0, 0.1) is 18.3 Å². The molecule has 5 nitrogen and oxygen atoms in total. The van der Waals surface area contributed by atoms with Crippen molar-refractivity contribution in [2.45, 2.75) is 24.0 Å². The summed E-state index contributed by atoms with van der Waals surface area (Å²) in [5, 5.41) is 12.3. The lowest BCUT2D eigenvalue weighted by Gasteiger charge is -2.16. The number of amides is 1. The molecule has 1 atom stereocenters. The Labute approximate surface area is 183 Å². The van der Waals surface area contributed by atoms with Crippen molar-refractivity contribution in [2.75, 3.05) is 11.9 Å². The van der Waals surface area contributed by atoms with Crippen LogP contribution in [0.15, 0.2) is 65.6 Å². The first kappa shape index (κ1) is 21.6. The Bertz CT molecular complexity index is 1070. The van der Waals surface area contributed by atoms with Crippen LogP contribution in [0.25, 0.3) is 0 Å². The number of thioether (sulfide) groups is 1. The fourth-order valence-corrected chi connectivity index (χ4v) is 4.94. The van der Waals surface area contributed by atoms with Crippen molar-refractivity contribution in [2.24, 2.45) is 0 Å². The maximum absolute atomic E-state index is 13.3. The Morgan fingerprint density at radius 1 is 1.13 bits per heavy atom. The molecule has 0 fully saturated rings. The zero-order valence-electron chi connectivity index (χ0n) is 16.5. The summed E-state index contributed by atoms with van der Waals surface area (Å²) in [4.78, 5) is 26.7. The monoisotopic (exact) mass is 436 g/mol. The first-order valence-electron chi connectivity index (χ1n) is 9.33. The van der Waals surface area contributed by atoms with Gasteiger partial charge in [0, 0.05) is 4.90 Å². The SMILES string of the molecule is CCOC(=O)c1sc(NC(=O)C(Sc2ccccc2)c2ccccc2)c(C#N)c1C. The number of esters is 1. The van der Waals surface area contributed by atoms with Crippen molar-refractivity contribution in [3.8, 4) is 6.07 Å². The van der Waals surface area contributed by atoms with Gasteiger partial charge in [0.15, 0.2) is 0 Å². The van der Waals surface area contributed by atoms with Crippen LogP contribution in [-0.2, 0) is 9.53 Å². The van der Waals surface area contributed by atoms with Crippen molar-refractivity contribution in [1.29, 1.82) is 5.26 Å². The van der Waals surface area contributed by atoms with Crippen molar-refractivity contribution < 1.29 is 14.3 Å². The summed E-state index contributed by atoms with van der Waals surface area (Å²) < 4.78 is 5.07. The topological polar surface area (TPSA) is 79.2 Å². The summed E-state index contributed by atoms with van der Waals surface area (Å²) >= 11 is 2.49. The van der Waals surface area contributed by atoms with Gasteiger partial charge >= 0.3 is 5.97 Å². The molecule has 0 saturated heterocycles. The van der Waals surface area contributed by atoms with Gasteiger partial charge in [0.25, 0.3) is 0 Å². The number of thiophene rings is 1. The Balaban J connectivity index is 1.92. The van der Waals surface area contributed by atoms with Gasteiger partial charge in [-0.05, 0) is 37.1 Å². The van der Waals surface area contributed by atoms with E-state index in [9.17, 15) is 14.9 Å². The van der Waals surface area contributed by atoms with Gasteiger partial charge in [-0.2, -0.15) is 5.26 Å². The molecular weight excluding hydrogens is 416 g/mol. The molecule has 2 aromatic carbocycles. The number of carbonyl (C=O) groups excluding carboxylic acids is 2. The van der Waals surface area contributed by atoms with Gasteiger partial charge in [-0.1, -0.05) is 48.5 Å². The predicted octanol–water partition coefficient (Wildman–Crippen LogP) is 5.58. The second kappa shape index (κ2) is 10.1. The molecule has 3 rings (SSSR count). The minimum absolute atomic E-state index is 0.240. The van der Waals surface area contributed by atoms with E-state index in [1.54, 1.807) is 13.8 Å². The third kappa shape index (κ3) is 4.90. The number of nitriles is 1. The molecule has 0 bridgehead atoms. The molecule has 0 saturated carbocycles. The molecule has 1 N–H and O–H groups in total. The van der Waals surface area contributed by atoms with Crippen LogP contribution in [0.3, 0.4) is 0 Å². The maximum atomic E-state index is 13.3. The Hall–Kier alpha value is -3.08. The van der Waals surface area contributed by atoms with Gasteiger partial charge < -0.3 is 10.1 Å². The fourth-order valence-electron chi connectivity index (χ4n) is 2.84. The molecule has 0 aliphatic rings. The highest BCUT2D eigenvalue weighted by atomic mass is 32.2. The van der Waals surface area contributed by atoms with E-state index in [0.717, 1.165) is 21.8 Å². The average Bonchev–Trinajstić information content (AvgIpc) is 3.08. The van der Waals surface area contributed by atoms with E-state index in [0.29, 0.717) is 15.4 Å². The highest BCUT2D eigenvalue weighted by Crippen LogP contribution is 2.38. The van der Waals surface area contributed by atoms with E-state index >= 15 is 0 Å². The van der Waals surface area contributed by atoms with Crippen LogP contribution in [-0.4, -0.2) is 18.5 Å². The molecule has 0 spiro atoms. The van der Waals surface area contributed by atoms with Crippen molar-refractivity contribution >= 4 is 40.0 Å². The second-order valence-corrected chi connectivity index (χ2v) is 8.50. The molecule has 0 radical (unpaired) electrons. The van der Waals surface area contributed by atoms with Crippen molar-refractivity contribution in [3.63, 3.8) is 0 Å². The average molecular weight is 437 g/mol. The number of nitrogens with one attached hydrogen (secondary N) is 1. The molecule has 30 heavy (non-hydrogen) atoms. The highest BCUT2D eigenvalue weighted by molar-refractivity contribution is 8.00. The molecule has 3 aromatic rings. The van der Waals surface area contributed by atoms with Crippen LogP contribution >= 0.6 is 23.1 Å². The van der Waals surface area contributed by atoms with E-state index in [-0.39, 0.29) is 18.1 Å². The normalized spacial score (nSPS) is 11.4. The largest absolute Gasteiger partial charge is 0.462 e. The lowest BCUT2D eigenvalue weighted by atomic mass is 10.1. The minimum Gasteiger partial charge on any atom is -0.462 e. The van der Waals surface area contributed by atoms with E-state index < -0.39 is 11.2 Å². The zero-order chi connectivity index (χ0) is 21.5. The summed E-state index contributed by atoms with van der Waals surface area (Å²) in [7, 11) is 0. The molecule has 152 valence electrons. The first-order valence-corrected chi connectivity index (χ1v) is 11.0. The summed E-state index contributed by atoms with van der Waals surface area (Å²) in [5.41, 5.74) is 1.65. The lowest BCUT2D eigenvalue weighted by molar-refractivity contribution is -0.115. The zero-order valence-corrected chi connectivity index (χ0v) is 18.2. The fraction of sp³-hybridized carbons (Fsp3) is 0.174. The lowest BCUT2D eigenvalue weighted by Crippen LogP contribution is -2.19. The third-order valence-corrected chi connectivity index (χ3v) is 6.75. The predicted molar refractivity (Wildman–Crippen MR) is 120 cm³/mol. The van der Waals surface area contributed by atoms with Gasteiger partial charge in [0.2, 0.25) is 5.91 Å². The van der Waals surface area contributed by atoms with Crippen LogP contribution in [0.4, 0.5) is 5.00 Å². The number of anilines is 1. The third-order valence-electron chi connectivity index (χ3n) is 4.29. The van der Waals surface area contributed by atoms with Gasteiger partial charge in [0.1, 0.15) is 21.2 Å². The van der Waals surface area contributed by atoms with Gasteiger partial charge in [-0.15, -0.1) is 23.1 Å². The molecule has 1 heterocycles. The summed E-state index contributed by atoms with van der Waals surface area (Å²) in [6.07, 6.45) is 0. The highest BCUT2D eigenvalue weighted by Gasteiger charge is 2.26. The Morgan fingerprint density at radius 2 is 1.77 bits per heavy atom. The number of nitrogens with zero attached hydrogens (tertiary/aromatic N) is 1. The number of rotatable bonds is 7. The molecule has 7 heteroatoms. The van der Waals surface area contributed by atoms with Gasteiger partial charge in [-0.3, -0.25) is 4.79 Å². The summed E-state index contributed by atoms with van der Waals surface area (Å²) in [6.45, 7) is 3.65. The van der Waals surface area contributed by atoms with E-state index in [1.807, 2.05) is 60.7 Å². The standard InChI is InChI=1S/C23H20N2O3S2/c1-3-28-23(27)19-15(2)18(14-24)22(30-19)25-21(26)20(16-10-6-4-7-11-16)29-17-12-8-5-9-13-17/h4-13,20H,3H2,1-2H3,(H,25,26). The molecule has 1 aromatic heterocycles. The molecule has 0 aliphatic heterocycles. The number of hydrogen-bond acceptors (Lipinski definition) is 6. The number of carbonyl (C=O) groups is 2. The van der Waals surface area contributed by atoms with Crippen molar-refractivity contribution in [3.05, 3.63) is 82.2 Å². The summed E-state index contributed by atoms with van der Waals surface area (Å²) in [6, 6.07) is 21.2. The van der Waals surface area contributed by atoms with E-state index in [2.05, 4.69) is 11.4 Å². The van der Waals surface area contributed by atoms with E-state index in [4.69, 9.17) is 4.74 Å². The summed E-state index contributed by atoms with van der Waals surface area (Å²) in [5.74, 6) is -0.751. The molecule has 1 amide bonds. The first-order chi connectivity index (χ1) is 14.5. The maximum Gasteiger partial charge on any atom is 0.348 e. The van der Waals surface area contributed by atoms with Crippen molar-refractivity contribution in [1.82, 2.24) is 0 Å². The Kier molecular flexibility index (Phi) is 7.28. The molecule has 1 unspecified atom stereocenters.